The molecule has 0 unspecified atom stereocenters. The summed E-state index contributed by atoms with van der Waals surface area (Å²) in [5.41, 5.74) is 1.35. The normalized spacial score (nSPS) is 15.2. The third-order valence-corrected chi connectivity index (χ3v) is 2.71. The summed E-state index contributed by atoms with van der Waals surface area (Å²) in [6.45, 7) is 6.22. The monoisotopic (exact) mass is 278 g/mol. The molecule has 1 aromatic rings. The number of aldehydes is 1. The molecular formula is C14H18N2O4. The van der Waals surface area contributed by atoms with Crippen LogP contribution >= 0.6 is 0 Å². The van der Waals surface area contributed by atoms with Crippen LogP contribution in [0.15, 0.2) is 12.1 Å². The fourth-order valence-electron chi connectivity index (χ4n) is 1.83. The number of carbonyl (C=O) groups excluding carboxylic acids is 2. The van der Waals surface area contributed by atoms with Crippen LogP contribution < -0.4 is 0 Å². The van der Waals surface area contributed by atoms with E-state index in [0.29, 0.717) is 24.2 Å². The lowest BCUT2D eigenvalue weighted by atomic mass is 10.1. The molecule has 20 heavy (non-hydrogen) atoms. The fourth-order valence-corrected chi connectivity index (χ4v) is 1.83. The topological polar surface area (TPSA) is 68.7 Å². The van der Waals surface area contributed by atoms with Gasteiger partial charge in [0, 0.05) is 0 Å². The predicted octanol–water partition coefficient (Wildman–Crippen LogP) is 2.12. The zero-order valence-electron chi connectivity index (χ0n) is 11.9. The second-order valence-corrected chi connectivity index (χ2v) is 5.62. The van der Waals surface area contributed by atoms with E-state index in [4.69, 9.17) is 9.47 Å². The highest BCUT2D eigenvalue weighted by Gasteiger charge is 2.25. The molecule has 1 aromatic heterocycles. The molecule has 0 fully saturated rings. The molecule has 6 nitrogen and oxygen atoms in total. The quantitative estimate of drug-likeness (QED) is 0.736. The molecule has 108 valence electrons. The SMILES string of the molecule is CC(C)(C)OC(=O)N1COCc2nc(C=O)ccc2C1. The molecule has 0 atom stereocenters. The maximum atomic E-state index is 12.0. The van der Waals surface area contributed by atoms with Crippen molar-refractivity contribution in [3.63, 3.8) is 0 Å². The maximum absolute atomic E-state index is 12.0. The molecule has 1 aliphatic rings. The summed E-state index contributed by atoms with van der Waals surface area (Å²) in [4.78, 5) is 28.4. The number of hydrogen-bond acceptors (Lipinski definition) is 5. The number of rotatable bonds is 1. The van der Waals surface area contributed by atoms with Gasteiger partial charge in [0.15, 0.2) is 6.29 Å². The van der Waals surface area contributed by atoms with Crippen molar-refractivity contribution in [2.24, 2.45) is 0 Å². The van der Waals surface area contributed by atoms with E-state index in [2.05, 4.69) is 4.98 Å². The fraction of sp³-hybridized carbons (Fsp3) is 0.500. The smallest absolute Gasteiger partial charge is 0.412 e. The summed E-state index contributed by atoms with van der Waals surface area (Å²) < 4.78 is 10.7. The van der Waals surface area contributed by atoms with Crippen molar-refractivity contribution in [1.29, 1.82) is 0 Å². The average molecular weight is 278 g/mol. The summed E-state index contributed by atoms with van der Waals surface area (Å²) in [6.07, 6.45) is 0.265. The van der Waals surface area contributed by atoms with E-state index < -0.39 is 11.7 Å². The Labute approximate surface area is 117 Å². The van der Waals surface area contributed by atoms with Gasteiger partial charge in [-0.1, -0.05) is 6.07 Å². The molecular weight excluding hydrogens is 260 g/mol. The van der Waals surface area contributed by atoms with Gasteiger partial charge in [0.2, 0.25) is 0 Å². The number of pyridine rings is 1. The van der Waals surface area contributed by atoms with Crippen molar-refractivity contribution in [3.8, 4) is 0 Å². The molecule has 1 amide bonds. The Morgan fingerprint density at radius 2 is 2.20 bits per heavy atom. The van der Waals surface area contributed by atoms with Gasteiger partial charge in [-0.25, -0.2) is 9.78 Å². The molecule has 0 saturated heterocycles. The van der Waals surface area contributed by atoms with Gasteiger partial charge < -0.3 is 9.47 Å². The molecule has 0 bridgehead atoms. The lowest BCUT2D eigenvalue weighted by Crippen LogP contribution is -2.37. The minimum Gasteiger partial charge on any atom is -0.444 e. The minimum atomic E-state index is -0.550. The number of carbonyl (C=O) groups is 2. The first-order valence-electron chi connectivity index (χ1n) is 6.39. The Bertz CT molecular complexity index is 522. The Balaban J connectivity index is 2.16. The van der Waals surface area contributed by atoms with Crippen LogP contribution in [0.2, 0.25) is 0 Å². The van der Waals surface area contributed by atoms with Crippen LogP contribution in [0.4, 0.5) is 4.79 Å². The van der Waals surface area contributed by atoms with Crippen LogP contribution in [-0.2, 0) is 22.6 Å². The first-order valence-corrected chi connectivity index (χ1v) is 6.39. The largest absolute Gasteiger partial charge is 0.444 e. The van der Waals surface area contributed by atoms with Gasteiger partial charge >= 0.3 is 6.09 Å². The van der Waals surface area contributed by atoms with Crippen molar-refractivity contribution in [2.75, 3.05) is 6.73 Å². The summed E-state index contributed by atoms with van der Waals surface area (Å²) in [5.74, 6) is 0. The van der Waals surface area contributed by atoms with Crippen molar-refractivity contribution < 1.29 is 19.1 Å². The zero-order chi connectivity index (χ0) is 14.8. The molecule has 0 N–H and O–H groups in total. The molecule has 2 rings (SSSR count). The molecule has 0 saturated carbocycles. The van der Waals surface area contributed by atoms with E-state index in [1.54, 1.807) is 12.1 Å². The highest BCUT2D eigenvalue weighted by Crippen LogP contribution is 2.18. The standard InChI is InChI=1S/C14H18N2O4/c1-14(2,3)20-13(18)16-6-10-4-5-11(7-17)15-12(10)8-19-9-16/h4-5,7H,6,8-9H2,1-3H3. The lowest BCUT2D eigenvalue weighted by molar-refractivity contribution is -0.0159. The van der Waals surface area contributed by atoms with Crippen LogP contribution in [0, 0.1) is 0 Å². The molecule has 0 aliphatic carbocycles. The lowest BCUT2D eigenvalue weighted by Gasteiger charge is -2.26. The molecule has 1 aliphatic heterocycles. The summed E-state index contributed by atoms with van der Waals surface area (Å²) in [6, 6.07) is 3.42. The highest BCUT2D eigenvalue weighted by atomic mass is 16.6. The number of ether oxygens (including phenoxy) is 2. The highest BCUT2D eigenvalue weighted by molar-refractivity contribution is 5.72. The molecule has 0 aromatic carbocycles. The Morgan fingerprint density at radius 3 is 2.85 bits per heavy atom. The first kappa shape index (κ1) is 14.5. The van der Waals surface area contributed by atoms with Crippen LogP contribution in [0.5, 0.6) is 0 Å². The first-order chi connectivity index (χ1) is 9.39. The number of amides is 1. The van der Waals surface area contributed by atoms with E-state index in [-0.39, 0.29) is 13.3 Å². The Hall–Kier alpha value is -1.95. The van der Waals surface area contributed by atoms with Gasteiger partial charge in [0.05, 0.1) is 18.8 Å². The minimum absolute atomic E-state index is 0.141. The number of aromatic nitrogens is 1. The van der Waals surface area contributed by atoms with E-state index in [1.165, 1.54) is 4.90 Å². The van der Waals surface area contributed by atoms with Gasteiger partial charge in [-0.05, 0) is 32.4 Å². The van der Waals surface area contributed by atoms with Crippen molar-refractivity contribution in [3.05, 3.63) is 29.1 Å². The van der Waals surface area contributed by atoms with E-state index in [1.807, 2.05) is 20.8 Å². The molecule has 0 radical (unpaired) electrons. The van der Waals surface area contributed by atoms with Crippen molar-refractivity contribution >= 4 is 12.4 Å². The van der Waals surface area contributed by atoms with Gasteiger partial charge in [-0.2, -0.15) is 0 Å². The average Bonchev–Trinajstić information content (AvgIpc) is 2.57. The van der Waals surface area contributed by atoms with E-state index >= 15 is 0 Å². The third kappa shape index (κ3) is 3.54. The van der Waals surface area contributed by atoms with Crippen molar-refractivity contribution in [2.45, 2.75) is 39.5 Å². The number of nitrogens with zero attached hydrogens (tertiary/aromatic N) is 2. The predicted molar refractivity (Wildman–Crippen MR) is 71.1 cm³/mol. The summed E-state index contributed by atoms with van der Waals surface area (Å²) in [7, 11) is 0. The Morgan fingerprint density at radius 1 is 1.45 bits per heavy atom. The molecule has 0 spiro atoms. The summed E-state index contributed by atoms with van der Waals surface area (Å²) >= 11 is 0. The zero-order valence-corrected chi connectivity index (χ0v) is 11.9. The van der Waals surface area contributed by atoms with Crippen LogP contribution in [-0.4, -0.2) is 34.6 Å². The van der Waals surface area contributed by atoms with Gasteiger partial charge in [-0.3, -0.25) is 9.69 Å². The van der Waals surface area contributed by atoms with Gasteiger partial charge in [-0.15, -0.1) is 0 Å². The second kappa shape index (κ2) is 5.58. The van der Waals surface area contributed by atoms with Gasteiger partial charge in [0.1, 0.15) is 18.0 Å². The van der Waals surface area contributed by atoms with E-state index in [0.717, 1.165) is 5.56 Å². The molecule has 6 heteroatoms. The van der Waals surface area contributed by atoms with Gasteiger partial charge in [0.25, 0.3) is 0 Å². The molecule has 2 heterocycles. The second-order valence-electron chi connectivity index (χ2n) is 5.62. The number of fused-ring (bicyclic) bond motifs is 1. The van der Waals surface area contributed by atoms with E-state index in [9.17, 15) is 9.59 Å². The van der Waals surface area contributed by atoms with Crippen LogP contribution in [0.1, 0.15) is 42.5 Å². The van der Waals surface area contributed by atoms with Crippen LogP contribution in [0.3, 0.4) is 0 Å². The Kier molecular flexibility index (Phi) is 4.04. The summed E-state index contributed by atoms with van der Waals surface area (Å²) in [5, 5.41) is 0. The van der Waals surface area contributed by atoms with Crippen LogP contribution in [0.25, 0.3) is 0 Å². The number of hydrogen-bond donors (Lipinski definition) is 0. The van der Waals surface area contributed by atoms with Crippen molar-refractivity contribution in [1.82, 2.24) is 9.88 Å². The maximum Gasteiger partial charge on any atom is 0.412 e. The third-order valence-electron chi connectivity index (χ3n) is 2.71.